The number of fused-ring (bicyclic) bond motifs is 2. The Morgan fingerprint density at radius 2 is 1.86 bits per heavy atom. The number of methoxy groups -OCH3 is 1. The van der Waals surface area contributed by atoms with E-state index in [1.54, 1.807) is 37.5 Å². The van der Waals surface area contributed by atoms with Gasteiger partial charge in [-0.1, -0.05) is 53.5 Å². The number of hydrogen-bond acceptors (Lipinski definition) is 9. The summed E-state index contributed by atoms with van der Waals surface area (Å²) < 4.78 is 7.21. The van der Waals surface area contributed by atoms with Gasteiger partial charge in [-0.05, 0) is 43.0 Å². The number of urea groups is 1. The van der Waals surface area contributed by atoms with Crippen LogP contribution in [0.25, 0.3) is 33.2 Å². The second-order valence-electron chi connectivity index (χ2n) is 13.4. The van der Waals surface area contributed by atoms with Gasteiger partial charge in [-0.2, -0.15) is 5.10 Å². The maximum absolute atomic E-state index is 13.0. The van der Waals surface area contributed by atoms with Gasteiger partial charge in [-0.25, -0.2) is 19.4 Å². The molecule has 0 saturated carbocycles. The lowest BCUT2D eigenvalue weighted by atomic mass is 9.99. The minimum Gasteiger partial charge on any atom is -0.481 e. The number of likely N-dealkylation sites (tertiary alicyclic amines) is 1. The molecule has 1 aliphatic carbocycles. The quantitative estimate of drug-likeness (QED) is 0.188. The first-order valence-electron chi connectivity index (χ1n) is 16.9. The Labute approximate surface area is 304 Å². The summed E-state index contributed by atoms with van der Waals surface area (Å²) in [5.41, 5.74) is 5.10. The van der Waals surface area contributed by atoms with E-state index in [2.05, 4.69) is 31.7 Å². The third kappa shape index (κ3) is 5.76. The number of amides is 2. The van der Waals surface area contributed by atoms with Crippen molar-refractivity contribution in [2.24, 2.45) is 7.05 Å². The largest absolute Gasteiger partial charge is 0.481 e. The van der Waals surface area contributed by atoms with Crippen LogP contribution in [0.2, 0.25) is 10.0 Å². The minimum atomic E-state index is -0.322. The number of aromatic nitrogens is 4. The number of rotatable bonds is 8. The van der Waals surface area contributed by atoms with Crippen LogP contribution in [-0.2, 0) is 13.5 Å². The summed E-state index contributed by atoms with van der Waals surface area (Å²) in [4.78, 5) is 39.1. The lowest BCUT2D eigenvalue weighted by Crippen LogP contribution is -2.46. The molecule has 262 valence electrons. The molecule has 3 aromatic heterocycles. The van der Waals surface area contributed by atoms with Gasteiger partial charge in [-0.15, -0.1) is 0 Å². The summed E-state index contributed by atoms with van der Waals surface area (Å²) in [6.07, 6.45) is 5.86. The highest BCUT2D eigenvalue weighted by Crippen LogP contribution is 2.47. The summed E-state index contributed by atoms with van der Waals surface area (Å²) in [6.45, 7) is 2.44. The van der Waals surface area contributed by atoms with Crippen molar-refractivity contribution in [2.45, 2.75) is 30.8 Å². The molecule has 3 aliphatic rings. The summed E-state index contributed by atoms with van der Waals surface area (Å²) in [7, 11) is 3.24. The second kappa shape index (κ2) is 13.1. The van der Waals surface area contributed by atoms with Crippen LogP contribution in [0.3, 0.4) is 0 Å². The molecule has 3 N–H and O–H groups in total. The number of nitrogens with zero attached hydrogens (tertiary/aromatic N) is 6. The number of ether oxygens (including phenoxy) is 1. The Morgan fingerprint density at radius 1 is 1.08 bits per heavy atom. The first kappa shape index (κ1) is 33.4. The monoisotopic (exact) mass is 726 g/mol. The van der Waals surface area contributed by atoms with Crippen LogP contribution in [0.4, 0.5) is 16.3 Å². The van der Waals surface area contributed by atoms with Gasteiger partial charge in [0.15, 0.2) is 0 Å². The molecule has 2 aromatic carbocycles. The predicted octanol–water partition coefficient (Wildman–Crippen LogP) is 5.57. The number of carbonyl (C=O) groups excluding carboxylic acids is 1. The van der Waals surface area contributed by atoms with E-state index in [1.807, 2.05) is 36.4 Å². The number of nitrogens with one attached hydrogen (secondary N) is 2. The van der Waals surface area contributed by atoms with Gasteiger partial charge >= 0.3 is 6.03 Å². The van der Waals surface area contributed by atoms with Crippen molar-refractivity contribution in [3.05, 3.63) is 92.5 Å². The van der Waals surface area contributed by atoms with Crippen LogP contribution in [0.1, 0.15) is 30.0 Å². The molecular weight excluding hydrogens is 691 g/mol. The summed E-state index contributed by atoms with van der Waals surface area (Å²) in [5.74, 6) is 0.945. The normalized spacial score (nSPS) is 20.0. The topological polar surface area (TPSA) is 138 Å². The lowest BCUT2D eigenvalue weighted by Gasteiger charge is -2.28. The number of halogens is 2. The smallest absolute Gasteiger partial charge is 0.318 e. The molecule has 5 aromatic rings. The molecule has 2 amide bonds. The van der Waals surface area contributed by atoms with Crippen molar-refractivity contribution in [1.82, 2.24) is 34.9 Å². The number of aliphatic hydroxyl groups excluding tert-OH is 1. The molecule has 0 bridgehead atoms. The van der Waals surface area contributed by atoms with E-state index < -0.39 is 0 Å². The van der Waals surface area contributed by atoms with E-state index in [4.69, 9.17) is 32.9 Å². The van der Waals surface area contributed by atoms with E-state index in [-0.39, 0.29) is 29.8 Å². The van der Waals surface area contributed by atoms with E-state index in [0.717, 1.165) is 54.6 Å². The van der Waals surface area contributed by atoms with E-state index in [1.165, 1.54) is 4.68 Å². The SMILES string of the molecule is COc1nc(-c2cccc(-c3cccc(Nc4nccc5cnn(C)c(=O)c45)c3Cl)c2Cl)cc2c1[C@H](N1CC[C@@]3(CN(CCO)C(=O)N3)C1)CC2. The molecule has 14 heteroatoms. The highest BCUT2D eigenvalue weighted by molar-refractivity contribution is 6.39. The lowest BCUT2D eigenvalue weighted by molar-refractivity contribution is 0.193. The van der Waals surface area contributed by atoms with E-state index in [0.29, 0.717) is 62.5 Å². The Balaban J connectivity index is 1.09. The Morgan fingerprint density at radius 3 is 2.67 bits per heavy atom. The van der Waals surface area contributed by atoms with Crippen molar-refractivity contribution in [3.8, 4) is 28.3 Å². The van der Waals surface area contributed by atoms with Gasteiger partial charge in [0.05, 0.1) is 52.3 Å². The number of anilines is 2. The number of carbonyl (C=O) groups is 1. The average Bonchev–Trinajstić information content (AvgIpc) is 3.83. The summed E-state index contributed by atoms with van der Waals surface area (Å²) in [5, 5.41) is 22.0. The van der Waals surface area contributed by atoms with Gasteiger partial charge in [0.25, 0.3) is 5.56 Å². The number of benzene rings is 2. The molecule has 1 spiro atoms. The van der Waals surface area contributed by atoms with Gasteiger partial charge in [0, 0.05) is 73.1 Å². The zero-order chi connectivity index (χ0) is 35.4. The van der Waals surface area contributed by atoms with Crippen LogP contribution in [0.15, 0.2) is 65.7 Å². The van der Waals surface area contributed by atoms with Crippen LogP contribution < -0.4 is 20.9 Å². The van der Waals surface area contributed by atoms with Crippen LogP contribution in [0.5, 0.6) is 5.88 Å². The molecule has 12 nitrogen and oxygen atoms in total. The van der Waals surface area contributed by atoms with Gasteiger partial charge in [0.2, 0.25) is 5.88 Å². The number of hydrogen-bond donors (Lipinski definition) is 3. The molecule has 51 heavy (non-hydrogen) atoms. The highest BCUT2D eigenvalue weighted by Gasteiger charge is 2.49. The number of β-amino-alcohol motifs (C(OH)–C–C–N with tert-alkyl or cyclic N) is 1. The standard InChI is InChI=1S/C37H36Cl2N8O4/c1-45-35(49)30-22(18-41-45)11-13-40-33(30)42-26-8-4-6-24(32(26)39)23-5-3-7-25(31(23)38)27-17-21-9-10-28(29(21)34(43-27)51-2)46-14-12-37(19-46)20-47(15-16-48)36(50)44-37/h3-8,11,13,17-18,28,48H,9-10,12,14-16,19-20H2,1-2H3,(H,40,42)(H,44,50)/t28-,37+/m1/s1. The average molecular weight is 728 g/mol. The fourth-order valence-electron chi connectivity index (χ4n) is 7.89. The molecule has 8 rings (SSSR count). The number of aryl methyl sites for hydroxylation is 2. The van der Waals surface area contributed by atoms with E-state index >= 15 is 0 Å². The van der Waals surface area contributed by atoms with Crippen molar-refractivity contribution >= 4 is 51.5 Å². The highest BCUT2D eigenvalue weighted by atomic mass is 35.5. The fraction of sp³-hybridized carbons (Fsp3) is 0.324. The Kier molecular flexibility index (Phi) is 8.58. The fourth-order valence-corrected chi connectivity index (χ4v) is 8.49. The third-order valence-corrected chi connectivity index (χ3v) is 11.2. The van der Waals surface area contributed by atoms with Gasteiger partial charge < -0.3 is 25.4 Å². The zero-order valence-corrected chi connectivity index (χ0v) is 29.6. The maximum atomic E-state index is 13.0. The van der Waals surface area contributed by atoms with Crippen LogP contribution >= 0.6 is 23.2 Å². The molecule has 2 fully saturated rings. The zero-order valence-electron chi connectivity index (χ0n) is 28.1. The van der Waals surface area contributed by atoms with Gasteiger partial charge in [-0.3, -0.25) is 9.69 Å². The summed E-state index contributed by atoms with van der Waals surface area (Å²) >= 11 is 14.2. The number of aliphatic hydroxyl groups is 1. The molecule has 0 unspecified atom stereocenters. The predicted molar refractivity (Wildman–Crippen MR) is 197 cm³/mol. The summed E-state index contributed by atoms with van der Waals surface area (Å²) in [6, 6.07) is 15.2. The van der Waals surface area contributed by atoms with Crippen molar-refractivity contribution in [2.75, 3.05) is 45.2 Å². The molecule has 5 heterocycles. The molecular formula is C37H36Cl2N8O4. The van der Waals surface area contributed by atoms with Crippen molar-refractivity contribution < 1.29 is 14.6 Å². The molecule has 2 saturated heterocycles. The molecule has 2 atom stereocenters. The first-order valence-corrected chi connectivity index (χ1v) is 17.6. The maximum Gasteiger partial charge on any atom is 0.318 e. The van der Waals surface area contributed by atoms with Crippen molar-refractivity contribution in [1.29, 1.82) is 0 Å². The third-order valence-electron chi connectivity index (χ3n) is 10.3. The van der Waals surface area contributed by atoms with Crippen molar-refractivity contribution in [3.63, 3.8) is 0 Å². The minimum absolute atomic E-state index is 0.0524. The van der Waals surface area contributed by atoms with Gasteiger partial charge in [0.1, 0.15) is 5.82 Å². The first-order chi connectivity index (χ1) is 24.7. The van der Waals surface area contributed by atoms with E-state index in [9.17, 15) is 14.7 Å². The molecule has 2 aliphatic heterocycles. The van der Waals surface area contributed by atoms with Crippen LogP contribution in [0, 0.1) is 0 Å². The second-order valence-corrected chi connectivity index (χ2v) is 14.1. The van der Waals surface area contributed by atoms with Crippen LogP contribution in [-0.4, -0.2) is 86.1 Å². The Hall–Kier alpha value is -4.75. The molecule has 0 radical (unpaired) electrons. The number of pyridine rings is 2. The Bertz CT molecular complexity index is 2260.